The topological polar surface area (TPSA) is 46.9 Å². The first kappa shape index (κ1) is 17.2. The molecule has 136 valence electrons. The maximum absolute atomic E-state index is 14.4. The summed E-state index contributed by atoms with van der Waals surface area (Å²) in [7, 11) is 0. The number of aromatic nitrogens is 2. The molecule has 0 spiro atoms. The summed E-state index contributed by atoms with van der Waals surface area (Å²) in [4.78, 5) is 16.4. The number of nitrogens with zero attached hydrogens (tertiary/aromatic N) is 2. The molecule has 27 heavy (non-hydrogen) atoms. The van der Waals surface area contributed by atoms with Gasteiger partial charge in [0.25, 0.3) is 0 Å². The molecule has 5 heteroatoms. The Morgan fingerprint density at radius 3 is 2.93 bits per heavy atom. The van der Waals surface area contributed by atoms with Gasteiger partial charge in [0, 0.05) is 18.5 Å². The molecule has 1 aliphatic carbocycles. The highest BCUT2D eigenvalue weighted by Gasteiger charge is 2.22. The highest BCUT2D eigenvalue weighted by atomic mass is 19.1. The average Bonchev–Trinajstić information content (AvgIpc) is 3.32. The lowest BCUT2D eigenvalue weighted by Gasteiger charge is -2.13. The van der Waals surface area contributed by atoms with Crippen LogP contribution in [0.15, 0.2) is 67.3 Å². The van der Waals surface area contributed by atoms with Gasteiger partial charge in [-0.2, -0.15) is 0 Å². The average molecular weight is 361 g/mol. The summed E-state index contributed by atoms with van der Waals surface area (Å²) in [5, 5.41) is 3.06. The molecular formula is C22H20FN3O. The third kappa shape index (κ3) is 3.53. The number of hydrogen-bond donors (Lipinski definition) is 1. The standard InChI is InChI=1S/C22H20FN3O/c1-15(17-7-9-21(19(23)13-17)26-11-10-24-14-26)12-22(27)25-20-8-6-16-4-2-3-5-18(16)20/h2-5,7,9-14,20H,6,8H2,1H3,(H,25,27)/b15-12-. The molecule has 1 aliphatic rings. The Bertz CT molecular complexity index is 1010. The summed E-state index contributed by atoms with van der Waals surface area (Å²) in [6, 6.07) is 13.2. The van der Waals surface area contributed by atoms with E-state index in [2.05, 4.69) is 22.4 Å². The van der Waals surface area contributed by atoms with E-state index in [0.29, 0.717) is 11.3 Å². The molecule has 1 amide bonds. The summed E-state index contributed by atoms with van der Waals surface area (Å²) in [5.41, 5.74) is 4.30. The van der Waals surface area contributed by atoms with E-state index in [1.165, 1.54) is 23.3 Å². The Hall–Kier alpha value is -3.21. The highest BCUT2D eigenvalue weighted by Crippen LogP contribution is 2.30. The van der Waals surface area contributed by atoms with Gasteiger partial charge in [-0.25, -0.2) is 9.37 Å². The zero-order valence-electron chi connectivity index (χ0n) is 15.0. The van der Waals surface area contributed by atoms with Crippen LogP contribution < -0.4 is 5.32 Å². The third-order valence-electron chi connectivity index (χ3n) is 4.98. The Morgan fingerprint density at radius 2 is 2.15 bits per heavy atom. The van der Waals surface area contributed by atoms with E-state index in [9.17, 15) is 9.18 Å². The Balaban J connectivity index is 1.49. The summed E-state index contributed by atoms with van der Waals surface area (Å²) in [6.45, 7) is 1.81. The van der Waals surface area contributed by atoms with Crippen LogP contribution in [-0.2, 0) is 11.2 Å². The summed E-state index contributed by atoms with van der Waals surface area (Å²) < 4.78 is 16.0. The van der Waals surface area contributed by atoms with E-state index in [0.717, 1.165) is 18.4 Å². The minimum atomic E-state index is -0.358. The van der Waals surface area contributed by atoms with E-state index in [4.69, 9.17) is 0 Å². The molecule has 1 heterocycles. The van der Waals surface area contributed by atoms with Gasteiger partial charge in [0.15, 0.2) is 0 Å². The molecule has 2 aromatic carbocycles. The van der Waals surface area contributed by atoms with Crippen LogP contribution in [0.25, 0.3) is 11.3 Å². The van der Waals surface area contributed by atoms with Crippen molar-refractivity contribution in [2.45, 2.75) is 25.8 Å². The first-order valence-corrected chi connectivity index (χ1v) is 8.96. The first-order valence-electron chi connectivity index (χ1n) is 8.96. The zero-order chi connectivity index (χ0) is 18.8. The van der Waals surface area contributed by atoms with Gasteiger partial charge >= 0.3 is 0 Å². The van der Waals surface area contributed by atoms with Crippen molar-refractivity contribution in [3.63, 3.8) is 0 Å². The monoisotopic (exact) mass is 361 g/mol. The fourth-order valence-electron chi connectivity index (χ4n) is 3.56. The number of aryl methyl sites for hydroxylation is 1. The summed E-state index contributed by atoms with van der Waals surface area (Å²) >= 11 is 0. The molecule has 0 radical (unpaired) electrons. The Labute approximate surface area is 157 Å². The van der Waals surface area contributed by atoms with Crippen molar-refractivity contribution in [1.82, 2.24) is 14.9 Å². The molecule has 0 aliphatic heterocycles. The molecule has 0 saturated heterocycles. The number of allylic oxidation sites excluding steroid dienone is 1. The second-order valence-corrected chi connectivity index (χ2v) is 6.76. The predicted molar refractivity (Wildman–Crippen MR) is 103 cm³/mol. The normalized spacial score (nSPS) is 16.2. The molecule has 4 rings (SSSR count). The van der Waals surface area contributed by atoms with E-state index < -0.39 is 0 Å². The lowest BCUT2D eigenvalue weighted by Crippen LogP contribution is -2.25. The number of hydrogen-bond acceptors (Lipinski definition) is 2. The van der Waals surface area contributed by atoms with Crippen LogP contribution in [0.3, 0.4) is 0 Å². The van der Waals surface area contributed by atoms with Crippen LogP contribution in [0.4, 0.5) is 4.39 Å². The molecule has 4 nitrogen and oxygen atoms in total. The van der Waals surface area contributed by atoms with Gasteiger partial charge in [0.2, 0.25) is 5.91 Å². The summed E-state index contributed by atoms with van der Waals surface area (Å²) in [5.74, 6) is -0.517. The third-order valence-corrected chi connectivity index (χ3v) is 4.98. The first-order chi connectivity index (χ1) is 13.1. The van der Waals surface area contributed by atoms with Crippen LogP contribution >= 0.6 is 0 Å². The van der Waals surface area contributed by atoms with Crippen molar-refractivity contribution in [2.75, 3.05) is 0 Å². The van der Waals surface area contributed by atoms with Crippen LogP contribution in [-0.4, -0.2) is 15.5 Å². The van der Waals surface area contributed by atoms with E-state index in [1.807, 2.05) is 25.1 Å². The van der Waals surface area contributed by atoms with Gasteiger partial charge in [-0.05, 0) is 54.2 Å². The Morgan fingerprint density at radius 1 is 1.30 bits per heavy atom. The quantitative estimate of drug-likeness (QED) is 0.708. The van der Waals surface area contributed by atoms with Crippen molar-refractivity contribution in [3.8, 4) is 5.69 Å². The van der Waals surface area contributed by atoms with Crippen LogP contribution in [0, 0.1) is 5.82 Å². The van der Waals surface area contributed by atoms with Gasteiger partial charge in [0.1, 0.15) is 5.82 Å². The van der Waals surface area contributed by atoms with Gasteiger partial charge < -0.3 is 9.88 Å². The number of carbonyl (C=O) groups excluding carboxylic acids is 1. The maximum Gasteiger partial charge on any atom is 0.244 e. The smallest absolute Gasteiger partial charge is 0.244 e. The predicted octanol–water partition coefficient (Wildman–Crippen LogP) is 4.22. The second-order valence-electron chi connectivity index (χ2n) is 6.76. The molecule has 1 unspecified atom stereocenters. The largest absolute Gasteiger partial charge is 0.346 e. The fourth-order valence-corrected chi connectivity index (χ4v) is 3.56. The molecule has 1 aromatic heterocycles. The van der Waals surface area contributed by atoms with Crippen molar-refractivity contribution in [2.24, 2.45) is 0 Å². The zero-order valence-corrected chi connectivity index (χ0v) is 15.0. The number of carbonyl (C=O) groups is 1. The van der Waals surface area contributed by atoms with Gasteiger partial charge in [0.05, 0.1) is 18.1 Å². The fraction of sp³-hybridized carbons (Fsp3) is 0.182. The SMILES string of the molecule is C/C(=C/C(=O)NC1CCc2ccccc21)c1ccc(-n2ccnc2)c(F)c1. The molecule has 0 fully saturated rings. The van der Waals surface area contributed by atoms with Gasteiger partial charge in [-0.3, -0.25) is 4.79 Å². The van der Waals surface area contributed by atoms with Gasteiger partial charge in [-0.1, -0.05) is 30.3 Å². The number of benzene rings is 2. The van der Waals surface area contributed by atoms with Gasteiger partial charge in [-0.15, -0.1) is 0 Å². The van der Waals surface area contributed by atoms with E-state index >= 15 is 0 Å². The van der Waals surface area contributed by atoms with Crippen molar-refractivity contribution in [1.29, 1.82) is 0 Å². The molecule has 0 saturated carbocycles. The minimum absolute atomic E-state index is 0.0399. The van der Waals surface area contributed by atoms with Crippen LogP contribution in [0.5, 0.6) is 0 Å². The maximum atomic E-state index is 14.4. The molecular weight excluding hydrogens is 341 g/mol. The van der Waals surface area contributed by atoms with E-state index in [-0.39, 0.29) is 17.8 Å². The lowest BCUT2D eigenvalue weighted by molar-refractivity contribution is -0.117. The van der Waals surface area contributed by atoms with Crippen LogP contribution in [0.2, 0.25) is 0 Å². The number of halogens is 1. The molecule has 0 bridgehead atoms. The van der Waals surface area contributed by atoms with Crippen molar-refractivity contribution in [3.05, 3.63) is 89.8 Å². The van der Waals surface area contributed by atoms with E-state index in [1.54, 1.807) is 29.4 Å². The number of fused-ring (bicyclic) bond motifs is 1. The number of nitrogens with one attached hydrogen (secondary N) is 1. The molecule has 3 aromatic rings. The molecule has 1 N–H and O–H groups in total. The van der Waals surface area contributed by atoms with Crippen molar-refractivity contribution >= 4 is 11.5 Å². The van der Waals surface area contributed by atoms with Crippen LogP contribution in [0.1, 0.15) is 36.1 Å². The summed E-state index contributed by atoms with van der Waals surface area (Å²) in [6.07, 6.45) is 8.26. The minimum Gasteiger partial charge on any atom is -0.346 e. The lowest BCUT2D eigenvalue weighted by atomic mass is 10.1. The number of imidazole rings is 1. The number of amides is 1. The number of rotatable bonds is 4. The molecule has 1 atom stereocenters. The Kier molecular flexibility index (Phi) is 4.59. The highest BCUT2D eigenvalue weighted by molar-refractivity contribution is 5.95. The second kappa shape index (κ2) is 7.19. The van der Waals surface area contributed by atoms with Crippen molar-refractivity contribution < 1.29 is 9.18 Å².